The van der Waals surface area contributed by atoms with Crippen LogP contribution in [-0.2, 0) is 0 Å². The quantitative estimate of drug-likeness (QED) is 0.455. The maximum atomic E-state index is 12.3. The molecule has 6 nitrogen and oxygen atoms in total. The molecule has 2 N–H and O–H groups in total. The average Bonchev–Trinajstić information content (AvgIpc) is 2.86. The molecule has 0 radical (unpaired) electrons. The number of rotatable bonds is 7. The molecule has 0 fully saturated rings. The third-order valence-corrected chi connectivity index (χ3v) is 4.44. The predicted molar refractivity (Wildman–Crippen MR) is 95.2 cm³/mol. The molecule has 1 aromatic carbocycles. The van der Waals surface area contributed by atoms with Gasteiger partial charge < -0.3 is 10.6 Å². The van der Waals surface area contributed by atoms with Gasteiger partial charge in [0.25, 0.3) is 11.8 Å². The first-order chi connectivity index (χ1) is 11.6. The Balaban J connectivity index is 1.84. The molecule has 0 bridgehead atoms. The highest BCUT2D eigenvalue weighted by atomic mass is 16.2. The van der Waals surface area contributed by atoms with Gasteiger partial charge in [0.15, 0.2) is 5.96 Å². The lowest BCUT2D eigenvalue weighted by atomic mass is 10.0. The van der Waals surface area contributed by atoms with E-state index >= 15 is 0 Å². The van der Waals surface area contributed by atoms with Gasteiger partial charge in [0, 0.05) is 26.7 Å². The van der Waals surface area contributed by atoms with Crippen LogP contribution in [0.15, 0.2) is 29.3 Å². The second-order valence-corrected chi connectivity index (χ2v) is 5.87. The topological polar surface area (TPSA) is 73.8 Å². The van der Waals surface area contributed by atoms with E-state index in [1.165, 1.54) is 4.90 Å². The van der Waals surface area contributed by atoms with Gasteiger partial charge in [-0.15, -0.1) is 0 Å². The molecule has 0 saturated heterocycles. The van der Waals surface area contributed by atoms with Gasteiger partial charge in [-0.1, -0.05) is 38.8 Å². The van der Waals surface area contributed by atoms with E-state index in [0.29, 0.717) is 36.1 Å². The molecular weight excluding hydrogens is 304 g/mol. The smallest absolute Gasteiger partial charge is 0.261 e. The number of benzene rings is 1. The van der Waals surface area contributed by atoms with Gasteiger partial charge >= 0.3 is 0 Å². The minimum atomic E-state index is -0.225. The summed E-state index contributed by atoms with van der Waals surface area (Å²) >= 11 is 0. The standard InChI is InChI=1S/C18H26N4O2/c1-4-13(5-2)12-21-18(19-3)20-10-11-22-16(23)14-8-6-7-9-15(14)17(22)24/h6-9,13H,4-5,10-12H2,1-3H3,(H2,19,20,21). The number of carbonyl (C=O) groups is 2. The lowest BCUT2D eigenvalue weighted by molar-refractivity contribution is 0.0657. The van der Waals surface area contributed by atoms with E-state index in [0.717, 1.165) is 19.4 Å². The van der Waals surface area contributed by atoms with E-state index in [1.807, 2.05) is 0 Å². The van der Waals surface area contributed by atoms with Crippen LogP contribution in [-0.4, -0.2) is 49.4 Å². The third kappa shape index (κ3) is 3.93. The minimum Gasteiger partial charge on any atom is -0.356 e. The van der Waals surface area contributed by atoms with Crippen molar-refractivity contribution in [3.63, 3.8) is 0 Å². The Hall–Kier alpha value is -2.37. The van der Waals surface area contributed by atoms with Crippen molar-refractivity contribution in [2.75, 3.05) is 26.7 Å². The molecule has 0 saturated carbocycles. The maximum Gasteiger partial charge on any atom is 0.261 e. The van der Waals surface area contributed by atoms with Gasteiger partial charge in [0.05, 0.1) is 11.1 Å². The van der Waals surface area contributed by atoms with E-state index in [4.69, 9.17) is 0 Å². The third-order valence-electron chi connectivity index (χ3n) is 4.44. The maximum absolute atomic E-state index is 12.3. The molecule has 2 rings (SSSR count). The number of hydrogen-bond acceptors (Lipinski definition) is 3. The summed E-state index contributed by atoms with van der Waals surface area (Å²) < 4.78 is 0. The van der Waals surface area contributed by atoms with Crippen molar-refractivity contribution in [1.82, 2.24) is 15.5 Å². The van der Waals surface area contributed by atoms with E-state index in [-0.39, 0.29) is 11.8 Å². The normalized spacial score (nSPS) is 14.3. The van der Waals surface area contributed by atoms with Crippen LogP contribution in [0.25, 0.3) is 0 Å². The van der Waals surface area contributed by atoms with Crippen molar-refractivity contribution in [3.8, 4) is 0 Å². The number of nitrogens with one attached hydrogen (secondary N) is 2. The fourth-order valence-corrected chi connectivity index (χ4v) is 2.77. The number of aliphatic imine (C=N–C) groups is 1. The molecule has 0 aromatic heterocycles. The van der Waals surface area contributed by atoms with E-state index in [1.54, 1.807) is 31.3 Å². The summed E-state index contributed by atoms with van der Waals surface area (Å²) in [6, 6.07) is 6.93. The number of amides is 2. The van der Waals surface area contributed by atoms with Gasteiger partial charge in [-0.2, -0.15) is 0 Å². The highest BCUT2D eigenvalue weighted by Gasteiger charge is 2.34. The molecule has 2 amide bonds. The molecule has 1 aliphatic heterocycles. The SMILES string of the molecule is CCC(CC)CNC(=NC)NCCN1C(=O)c2ccccc2C1=O. The first-order valence-corrected chi connectivity index (χ1v) is 8.52. The largest absolute Gasteiger partial charge is 0.356 e. The number of guanidine groups is 1. The van der Waals surface area contributed by atoms with Gasteiger partial charge in [0.1, 0.15) is 0 Å². The zero-order valence-corrected chi connectivity index (χ0v) is 14.6. The fraction of sp³-hybridized carbons (Fsp3) is 0.500. The summed E-state index contributed by atoms with van der Waals surface area (Å²) in [6.45, 7) is 5.99. The summed E-state index contributed by atoms with van der Waals surface area (Å²) in [5.41, 5.74) is 0.970. The summed E-state index contributed by atoms with van der Waals surface area (Å²) in [5, 5.41) is 6.45. The van der Waals surface area contributed by atoms with Crippen LogP contribution >= 0.6 is 0 Å². The summed E-state index contributed by atoms with van der Waals surface area (Å²) in [4.78, 5) is 30.0. The summed E-state index contributed by atoms with van der Waals surface area (Å²) in [6.07, 6.45) is 2.24. The Bertz CT molecular complexity index is 588. The number of fused-ring (bicyclic) bond motifs is 1. The molecule has 0 spiro atoms. The van der Waals surface area contributed by atoms with Crippen LogP contribution in [0, 0.1) is 5.92 Å². The van der Waals surface area contributed by atoms with E-state index in [2.05, 4.69) is 29.5 Å². The predicted octanol–water partition coefficient (Wildman–Crippen LogP) is 1.88. The molecule has 1 aromatic rings. The Kier molecular flexibility index (Phi) is 6.35. The van der Waals surface area contributed by atoms with Gasteiger partial charge in [0.2, 0.25) is 0 Å². The second kappa shape index (κ2) is 8.47. The Morgan fingerprint density at radius 3 is 2.17 bits per heavy atom. The Morgan fingerprint density at radius 2 is 1.67 bits per heavy atom. The Morgan fingerprint density at radius 1 is 1.08 bits per heavy atom. The van der Waals surface area contributed by atoms with Crippen LogP contribution in [0.5, 0.6) is 0 Å². The van der Waals surface area contributed by atoms with Crippen LogP contribution in [0.3, 0.4) is 0 Å². The highest BCUT2D eigenvalue weighted by molar-refractivity contribution is 6.21. The summed E-state index contributed by atoms with van der Waals surface area (Å²) in [7, 11) is 1.71. The first-order valence-electron chi connectivity index (χ1n) is 8.52. The monoisotopic (exact) mass is 330 g/mol. The van der Waals surface area contributed by atoms with Crippen LogP contribution in [0.4, 0.5) is 0 Å². The fourth-order valence-electron chi connectivity index (χ4n) is 2.77. The van der Waals surface area contributed by atoms with Gasteiger partial charge in [-0.3, -0.25) is 19.5 Å². The Labute approximate surface area is 143 Å². The molecule has 6 heteroatoms. The molecule has 130 valence electrons. The van der Waals surface area contributed by atoms with Crippen molar-refractivity contribution in [2.24, 2.45) is 10.9 Å². The van der Waals surface area contributed by atoms with Crippen molar-refractivity contribution in [3.05, 3.63) is 35.4 Å². The van der Waals surface area contributed by atoms with Crippen molar-refractivity contribution < 1.29 is 9.59 Å². The number of carbonyl (C=O) groups excluding carboxylic acids is 2. The summed E-state index contributed by atoms with van der Waals surface area (Å²) in [5.74, 6) is 0.855. The molecular formula is C18H26N4O2. The van der Waals surface area contributed by atoms with Crippen LogP contribution in [0.1, 0.15) is 47.4 Å². The number of hydrogen-bond donors (Lipinski definition) is 2. The first kappa shape index (κ1) is 18.0. The lowest BCUT2D eigenvalue weighted by Crippen LogP contribution is -2.44. The molecule has 0 unspecified atom stereocenters. The number of imide groups is 1. The van der Waals surface area contributed by atoms with Crippen LogP contribution < -0.4 is 10.6 Å². The average molecular weight is 330 g/mol. The molecule has 24 heavy (non-hydrogen) atoms. The van der Waals surface area contributed by atoms with Gasteiger partial charge in [-0.05, 0) is 18.1 Å². The number of nitrogens with zero attached hydrogens (tertiary/aromatic N) is 2. The zero-order chi connectivity index (χ0) is 17.5. The lowest BCUT2D eigenvalue weighted by Gasteiger charge is -2.18. The van der Waals surface area contributed by atoms with Crippen molar-refractivity contribution in [2.45, 2.75) is 26.7 Å². The second-order valence-electron chi connectivity index (χ2n) is 5.87. The van der Waals surface area contributed by atoms with E-state index in [9.17, 15) is 9.59 Å². The highest BCUT2D eigenvalue weighted by Crippen LogP contribution is 2.21. The minimum absolute atomic E-state index is 0.225. The van der Waals surface area contributed by atoms with Crippen molar-refractivity contribution >= 4 is 17.8 Å². The van der Waals surface area contributed by atoms with Gasteiger partial charge in [-0.25, -0.2) is 0 Å². The zero-order valence-electron chi connectivity index (χ0n) is 14.6. The van der Waals surface area contributed by atoms with Crippen LogP contribution in [0.2, 0.25) is 0 Å². The molecule has 0 atom stereocenters. The molecule has 1 heterocycles. The van der Waals surface area contributed by atoms with E-state index < -0.39 is 0 Å². The molecule has 1 aliphatic rings. The van der Waals surface area contributed by atoms with Crippen molar-refractivity contribution in [1.29, 1.82) is 0 Å². The molecule has 0 aliphatic carbocycles.